The van der Waals surface area contributed by atoms with Crippen LogP contribution in [0.5, 0.6) is 0 Å². The van der Waals surface area contributed by atoms with Crippen LogP contribution in [0.3, 0.4) is 0 Å². The van der Waals surface area contributed by atoms with Crippen molar-refractivity contribution in [2.24, 2.45) is 0 Å². The molecular weight excluding hydrogens is 913 g/mol. The molecule has 1 N–H and O–H groups in total. The lowest BCUT2D eigenvalue weighted by Crippen LogP contribution is -2.24. The van der Waals surface area contributed by atoms with E-state index in [1.807, 2.05) is 54.1 Å². The first kappa shape index (κ1) is 57.8. The minimum Gasteiger partial charge on any atom is -0.395 e. The van der Waals surface area contributed by atoms with Crippen LogP contribution in [-0.4, -0.2) is 110 Å². The number of aliphatic hydroxyl groups excluding tert-OH is 1. The van der Waals surface area contributed by atoms with Gasteiger partial charge in [0.1, 0.15) is 0 Å². The van der Waals surface area contributed by atoms with Gasteiger partial charge in [-0.05, 0) is 125 Å². The second-order valence-electron chi connectivity index (χ2n) is 18.6. The maximum absolute atomic E-state index is 12.5. The van der Waals surface area contributed by atoms with E-state index in [1.165, 1.54) is 44.8 Å². The van der Waals surface area contributed by atoms with Crippen LogP contribution in [0.1, 0.15) is 65.6 Å². The van der Waals surface area contributed by atoms with Crippen molar-refractivity contribution < 1.29 is 17.7 Å². The quantitative estimate of drug-likeness (QED) is 0.0625. The van der Waals surface area contributed by atoms with Crippen molar-refractivity contribution in [3.63, 3.8) is 0 Å². The van der Waals surface area contributed by atoms with E-state index in [1.54, 1.807) is 24.3 Å². The lowest BCUT2D eigenvalue weighted by atomic mass is 9.85. The predicted octanol–water partition coefficient (Wildman–Crippen LogP) is 11.8. The second kappa shape index (κ2) is 26.6. The van der Waals surface area contributed by atoms with Crippen molar-refractivity contribution in [1.82, 2.24) is 0 Å². The molecule has 0 aromatic heterocycles. The molecule has 0 atom stereocenters. The summed E-state index contributed by atoms with van der Waals surface area (Å²) >= 11 is 0. The molecule has 0 aliphatic heterocycles. The lowest BCUT2D eigenvalue weighted by molar-refractivity contribution is 0.304. The largest absolute Gasteiger partial charge is 0.395 e. The fraction of sp³-hybridized carbons (Fsp3) is 0.311. The zero-order valence-electron chi connectivity index (χ0n) is 42.9. The molecule has 0 radical (unpaired) electrons. The Balaban J connectivity index is 0.000000316. The molecule has 384 valence electrons. The smallest absolute Gasteiger partial charge is 0.297 e. The number of likely N-dealkylation sites (N-methyl/N-ethyl adjacent to an activating group) is 2. The normalized spacial score (nSPS) is 10.9. The summed E-state index contributed by atoms with van der Waals surface area (Å²) in [5.41, 5.74) is 15.2. The lowest BCUT2D eigenvalue weighted by Gasteiger charge is -2.23. The van der Waals surface area contributed by atoms with E-state index in [0.717, 1.165) is 28.3 Å². The van der Waals surface area contributed by atoms with E-state index in [0.29, 0.717) is 13.1 Å². The van der Waals surface area contributed by atoms with Gasteiger partial charge in [0.25, 0.3) is 10.1 Å². The minimum atomic E-state index is -3.78. The molecule has 0 spiro atoms. The minimum absolute atomic E-state index is 0. The average Bonchev–Trinajstić information content (AvgIpc) is 3.35. The third-order valence-corrected chi connectivity index (χ3v) is 14.0. The maximum Gasteiger partial charge on any atom is 0.297 e. The van der Waals surface area contributed by atoms with Crippen molar-refractivity contribution in [3.05, 3.63) is 209 Å². The summed E-state index contributed by atoms with van der Waals surface area (Å²) in [5.74, 6) is 0.240. The van der Waals surface area contributed by atoms with Crippen molar-refractivity contribution in [3.8, 4) is 0 Å². The zero-order chi connectivity index (χ0) is 50.5. The van der Waals surface area contributed by atoms with Crippen molar-refractivity contribution >= 4 is 44.2 Å². The molecule has 11 heteroatoms. The Labute approximate surface area is 433 Å². The highest BCUT2D eigenvalue weighted by Gasteiger charge is 2.20. The molecule has 0 fully saturated rings. The fourth-order valence-electron chi connectivity index (χ4n) is 8.32. The first-order valence-corrected chi connectivity index (χ1v) is 25.1. The van der Waals surface area contributed by atoms with Gasteiger partial charge in [0.2, 0.25) is 0 Å². The Morgan fingerprint density at radius 1 is 0.389 bits per heavy atom. The highest BCUT2D eigenvalue weighted by atomic mass is 32.2. The molecule has 0 aliphatic carbocycles. The summed E-state index contributed by atoms with van der Waals surface area (Å²) in [6.45, 7) is 3.19. The van der Waals surface area contributed by atoms with Gasteiger partial charge >= 0.3 is 0 Å². The SMILES string of the molecule is C.C.CN(C)c1ccc(C(c2ccc(N(C)C)cc2)c2ccc(N(C)CCO)cc2)cc1.Cc1ccc(S(=O)(=O)OCCN(C)c2ccc(C(c3ccc(N(C)C)cc3)c3ccc(N(C)C)cc3)cc2)cc1. The van der Waals surface area contributed by atoms with E-state index < -0.39 is 10.1 Å². The van der Waals surface area contributed by atoms with Gasteiger partial charge in [0, 0.05) is 130 Å². The van der Waals surface area contributed by atoms with Crippen LogP contribution >= 0.6 is 0 Å². The van der Waals surface area contributed by atoms with E-state index >= 15 is 0 Å². The number of nitrogens with zero attached hydrogens (tertiary/aromatic N) is 6. The number of hydrogen-bond donors (Lipinski definition) is 1. The fourth-order valence-corrected chi connectivity index (χ4v) is 9.22. The summed E-state index contributed by atoms with van der Waals surface area (Å²) in [6.07, 6.45) is 0. The molecule has 0 amide bonds. The Morgan fingerprint density at radius 3 is 0.889 bits per heavy atom. The molecule has 10 nitrogen and oxygen atoms in total. The Bertz CT molecular complexity index is 2680. The molecule has 7 aromatic carbocycles. The Hall–Kier alpha value is -6.79. The van der Waals surface area contributed by atoms with Crippen LogP contribution in [-0.2, 0) is 14.3 Å². The Kier molecular flexibility index (Phi) is 21.3. The average molecular weight is 993 g/mol. The van der Waals surface area contributed by atoms with Crippen LogP contribution in [0.15, 0.2) is 175 Å². The monoisotopic (exact) mass is 993 g/mol. The summed E-state index contributed by atoms with van der Waals surface area (Å²) in [6, 6.07) is 58.9. The first-order chi connectivity index (χ1) is 33.4. The highest BCUT2D eigenvalue weighted by Crippen LogP contribution is 2.36. The van der Waals surface area contributed by atoms with Crippen LogP contribution < -0.4 is 29.4 Å². The summed E-state index contributed by atoms with van der Waals surface area (Å²) in [4.78, 5) is 12.7. The van der Waals surface area contributed by atoms with Crippen LogP contribution in [0, 0.1) is 6.92 Å². The van der Waals surface area contributed by atoms with Crippen molar-refractivity contribution in [1.29, 1.82) is 0 Å². The maximum atomic E-state index is 12.5. The number of anilines is 6. The van der Waals surface area contributed by atoms with Crippen molar-refractivity contribution in [2.75, 3.05) is 126 Å². The molecule has 0 heterocycles. The molecule has 0 saturated carbocycles. The van der Waals surface area contributed by atoms with Crippen LogP contribution in [0.25, 0.3) is 0 Å². The molecular formula is C61H80N6O4S. The summed E-state index contributed by atoms with van der Waals surface area (Å²) in [7, 11) is 16.6. The van der Waals surface area contributed by atoms with Gasteiger partial charge in [-0.15, -0.1) is 0 Å². The standard InChI is InChI=1S/C33H39N3O3S.C26H33N3O.2CH4/c1-25-7-21-32(22-8-25)40(37,38)39-24-23-36(6)31-19-13-28(14-20-31)33(26-9-15-29(16-10-26)34(2)3)27-11-17-30(18-12-27)35(4)5;1-27(2)23-12-6-20(7-13-23)26(21-8-14-24(15-9-21)28(3)4)22-10-16-25(17-11-22)29(5)18-19-30;;/h7-22,33H,23-24H2,1-6H3;6-17,26,30H,18-19H2,1-5H3;2*1H4. The predicted molar refractivity (Wildman–Crippen MR) is 309 cm³/mol. The number of hydrogen-bond acceptors (Lipinski definition) is 10. The number of rotatable bonds is 19. The molecule has 7 aromatic rings. The topological polar surface area (TPSA) is 83.0 Å². The summed E-state index contributed by atoms with van der Waals surface area (Å²) in [5, 5.41) is 9.21. The van der Waals surface area contributed by atoms with Gasteiger partial charge in [0.15, 0.2) is 0 Å². The number of aliphatic hydroxyl groups is 1. The highest BCUT2D eigenvalue weighted by molar-refractivity contribution is 7.86. The molecule has 72 heavy (non-hydrogen) atoms. The third-order valence-electron chi connectivity index (χ3n) is 12.7. The van der Waals surface area contributed by atoms with E-state index in [-0.39, 0.29) is 44.8 Å². The molecule has 7 rings (SSSR count). The summed E-state index contributed by atoms with van der Waals surface area (Å²) < 4.78 is 30.3. The Morgan fingerprint density at radius 2 is 0.639 bits per heavy atom. The molecule has 0 aliphatic rings. The van der Waals surface area contributed by atoms with Gasteiger partial charge in [-0.1, -0.05) is 105 Å². The third kappa shape index (κ3) is 15.1. The number of aryl methyl sites for hydroxylation is 1. The van der Waals surface area contributed by atoms with Gasteiger partial charge in [-0.3, -0.25) is 4.18 Å². The van der Waals surface area contributed by atoms with Gasteiger partial charge in [0.05, 0.1) is 18.1 Å². The van der Waals surface area contributed by atoms with E-state index in [4.69, 9.17) is 4.18 Å². The molecule has 0 saturated heterocycles. The van der Waals surface area contributed by atoms with E-state index in [9.17, 15) is 13.5 Å². The zero-order valence-corrected chi connectivity index (χ0v) is 43.7. The van der Waals surface area contributed by atoms with Gasteiger partial charge in [-0.2, -0.15) is 8.42 Å². The van der Waals surface area contributed by atoms with E-state index in [2.05, 4.69) is 198 Å². The van der Waals surface area contributed by atoms with Gasteiger partial charge < -0.3 is 34.5 Å². The van der Waals surface area contributed by atoms with Crippen molar-refractivity contribution in [2.45, 2.75) is 38.5 Å². The van der Waals surface area contributed by atoms with Crippen LogP contribution in [0.2, 0.25) is 0 Å². The number of benzene rings is 7. The second-order valence-corrected chi connectivity index (χ2v) is 20.3. The van der Waals surface area contributed by atoms with Gasteiger partial charge in [-0.25, -0.2) is 0 Å². The molecule has 0 bridgehead atoms. The molecule has 0 unspecified atom stereocenters. The van der Waals surface area contributed by atoms with Crippen LogP contribution in [0.4, 0.5) is 34.1 Å². The first-order valence-electron chi connectivity index (χ1n) is 23.7.